The minimum Gasteiger partial charge on any atom is -0.491 e. The molecule has 1 N–H and O–H groups in total. The van der Waals surface area contributed by atoms with Crippen molar-refractivity contribution in [2.75, 3.05) is 6.61 Å². The standard InChI is InChI=1S/C15H16N2O2S/c1-2-7-19-13-5-3-4-12-14(13)16-15(20)17(12)9-11-6-8-18-10-11/h3-6,8,10H,2,7,9H2,1H3,(H,16,20). The Kier molecular flexibility index (Phi) is 3.60. The molecule has 2 heterocycles. The van der Waals surface area contributed by atoms with Gasteiger partial charge in [-0.3, -0.25) is 0 Å². The lowest BCUT2D eigenvalue weighted by atomic mass is 10.2. The summed E-state index contributed by atoms with van der Waals surface area (Å²) in [6.07, 6.45) is 4.38. The van der Waals surface area contributed by atoms with Crippen LogP contribution in [0.5, 0.6) is 5.75 Å². The molecule has 0 atom stereocenters. The van der Waals surface area contributed by atoms with Gasteiger partial charge in [-0.25, -0.2) is 0 Å². The Morgan fingerprint density at radius 3 is 3.00 bits per heavy atom. The number of H-pyrrole nitrogens is 1. The Bertz CT molecular complexity index is 756. The monoisotopic (exact) mass is 288 g/mol. The predicted molar refractivity (Wildman–Crippen MR) is 80.7 cm³/mol. The summed E-state index contributed by atoms with van der Waals surface area (Å²) in [6, 6.07) is 7.94. The lowest BCUT2D eigenvalue weighted by Gasteiger charge is -2.06. The maximum atomic E-state index is 5.76. The van der Waals surface area contributed by atoms with Gasteiger partial charge in [-0.15, -0.1) is 0 Å². The topological polar surface area (TPSA) is 43.1 Å². The summed E-state index contributed by atoms with van der Waals surface area (Å²) in [5, 5.41) is 0. The number of imidazole rings is 1. The Balaban J connectivity index is 2.05. The summed E-state index contributed by atoms with van der Waals surface area (Å²) in [5.74, 6) is 0.849. The number of nitrogens with one attached hydrogen (secondary N) is 1. The van der Waals surface area contributed by atoms with Crippen molar-refractivity contribution in [2.45, 2.75) is 19.9 Å². The van der Waals surface area contributed by atoms with Gasteiger partial charge in [-0.05, 0) is 36.8 Å². The molecule has 0 spiro atoms. The Morgan fingerprint density at radius 1 is 1.35 bits per heavy atom. The average molecular weight is 288 g/mol. The van der Waals surface area contributed by atoms with Gasteiger partial charge < -0.3 is 18.7 Å². The zero-order valence-corrected chi connectivity index (χ0v) is 12.1. The van der Waals surface area contributed by atoms with Gasteiger partial charge in [0.2, 0.25) is 0 Å². The number of hydrogen-bond acceptors (Lipinski definition) is 3. The molecule has 0 aliphatic heterocycles. The number of fused-ring (bicyclic) bond motifs is 1. The number of ether oxygens (including phenoxy) is 1. The van der Waals surface area contributed by atoms with Crippen molar-refractivity contribution in [1.29, 1.82) is 0 Å². The van der Waals surface area contributed by atoms with Crippen molar-refractivity contribution in [2.24, 2.45) is 0 Å². The van der Waals surface area contributed by atoms with Crippen LogP contribution in [0.2, 0.25) is 0 Å². The highest BCUT2D eigenvalue weighted by Crippen LogP contribution is 2.25. The van der Waals surface area contributed by atoms with Crippen LogP contribution < -0.4 is 4.74 Å². The minimum absolute atomic E-state index is 0.687. The van der Waals surface area contributed by atoms with Crippen LogP contribution >= 0.6 is 12.2 Å². The Morgan fingerprint density at radius 2 is 2.25 bits per heavy atom. The summed E-state index contributed by atoms with van der Waals surface area (Å²) in [7, 11) is 0. The molecule has 0 fully saturated rings. The number of para-hydroxylation sites is 1. The van der Waals surface area contributed by atoms with E-state index in [9.17, 15) is 0 Å². The quantitative estimate of drug-likeness (QED) is 0.718. The molecule has 3 aromatic rings. The van der Waals surface area contributed by atoms with E-state index in [1.807, 2.05) is 28.8 Å². The summed E-state index contributed by atoms with van der Waals surface area (Å²) < 4.78 is 13.6. The summed E-state index contributed by atoms with van der Waals surface area (Å²) >= 11 is 5.42. The van der Waals surface area contributed by atoms with Gasteiger partial charge in [-0.2, -0.15) is 0 Å². The lowest BCUT2D eigenvalue weighted by molar-refractivity contribution is 0.320. The van der Waals surface area contributed by atoms with Gasteiger partial charge in [0.05, 0.1) is 31.2 Å². The highest BCUT2D eigenvalue weighted by molar-refractivity contribution is 7.71. The highest BCUT2D eigenvalue weighted by atomic mass is 32.1. The first kappa shape index (κ1) is 13.0. The van der Waals surface area contributed by atoms with Gasteiger partial charge in [0, 0.05) is 5.56 Å². The SMILES string of the molecule is CCCOc1cccc2c1[nH]c(=S)n2Cc1ccoc1. The molecule has 0 aliphatic rings. The van der Waals surface area contributed by atoms with Gasteiger partial charge >= 0.3 is 0 Å². The molecular weight excluding hydrogens is 272 g/mol. The number of benzene rings is 1. The molecule has 0 saturated heterocycles. The van der Waals surface area contributed by atoms with E-state index >= 15 is 0 Å². The fourth-order valence-electron chi connectivity index (χ4n) is 2.21. The fraction of sp³-hybridized carbons (Fsp3) is 0.267. The molecule has 0 amide bonds. The number of aromatic nitrogens is 2. The summed E-state index contributed by atoms with van der Waals surface area (Å²) in [6.45, 7) is 3.48. The van der Waals surface area contributed by atoms with Crippen LogP contribution in [0.25, 0.3) is 11.0 Å². The molecule has 104 valence electrons. The van der Waals surface area contributed by atoms with E-state index < -0.39 is 0 Å². The van der Waals surface area contributed by atoms with Crippen LogP contribution in [0.4, 0.5) is 0 Å². The highest BCUT2D eigenvalue weighted by Gasteiger charge is 2.10. The molecule has 0 aliphatic carbocycles. The van der Waals surface area contributed by atoms with Gasteiger partial charge in [-0.1, -0.05) is 13.0 Å². The summed E-state index contributed by atoms with van der Waals surface area (Å²) in [4.78, 5) is 3.24. The maximum Gasteiger partial charge on any atom is 0.178 e. The predicted octanol–water partition coefficient (Wildman–Crippen LogP) is 4.13. The van der Waals surface area contributed by atoms with E-state index in [-0.39, 0.29) is 0 Å². The zero-order chi connectivity index (χ0) is 13.9. The molecule has 0 saturated carbocycles. The van der Waals surface area contributed by atoms with Crippen LogP contribution in [0.1, 0.15) is 18.9 Å². The number of furan rings is 1. The van der Waals surface area contributed by atoms with E-state index in [0.29, 0.717) is 17.9 Å². The molecule has 0 bridgehead atoms. The van der Waals surface area contributed by atoms with Crippen molar-refractivity contribution in [1.82, 2.24) is 9.55 Å². The van der Waals surface area contributed by atoms with Crippen molar-refractivity contribution in [3.8, 4) is 5.75 Å². The number of aromatic amines is 1. The van der Waals surface area contributed by atoms with Crippen LogP contribution in [-0.2, 0) is 6.54 Å². The normalized spacial score (nSPS) is 11.1. The van der Waals surface area contributed by atoms with Crippen LogP contribution in [0.3, 0.4) is 0 Å². The number of nitrogens with zero attached hydrogens (tertiary/aromatic N) is 1. The second-order valence-corrected chi connectivity index (χ2v) is 5.03. The van der Waals surface area contributed by atoms with E-state index in [4.69, 9.17) is 21.4 Å². The van der Waals surface area contributed by atoms with Crippen LogP contribution in [0.15, 0.2) is 41.2 Å². The third kappa shape index (κ3) is 2.36. The second kappa shape index (κ2) is 5.54. The molecular formula is C15H16N2O2S. The van der Waals surface area contributed by atoms with Crippen LogP contribution in [-0.4, -0.2) is 16.2 Å². The third-order valence-electron chi connectivity index (χ3n) is 3.15. The Hall–Kier alpha value is -2.01. The first-order valence-electron chi connectivity index (χ1n) is 6.65. The van der Waals surface area contributed by atoms with Crippen molar-refractivity contribution < 1.29 is 9.15 Å². The molecule has 0 unspecified atom stereocenters. The Labute approximate surface area is 122 Å². The number of rotatable bonds is 5. The fourth-order valence-corrected chi connectivity index (χ4v) is 2.47. The molecule has 4 nitrogen and oxygen atoms in total. The molecule has 0 radical (unpaired) electrons. The van der Waals surface area contributed by atoms with Gasteiger partial charge in [0.15, 0.2) is 4.77 Å². The van der Waals surface area contributed by atoms with Crippen molar-refractivity contribution in [3.63, 3.8) is 0 Å². The molecule has 3 rings (SSSR count). The first-order valence-corrected chi connectivity index (χ1v) is 7.06. The molecule has 20 heavy (non-hydrogen) atoms. The van der Waals surface area contributed by atoms with E-state index in [0.717, 1.165) is 28.8 Å². The molecule has 1 aromatic carbocycles. The van der Waals surface area contributed by atoms with Gasteiger partial charge in [0.1, 0.15) is 11.3 Å². The maximum absolute atomic E-state index is 5.76. The van der Waals surface area contributed by atoms with E-state index in [1.165, 1.54) is 0 Å². The van der Waals surface area contributed by atoms with E-state index in [1.54, 1.807) is 12.5 Å². The average Bonchev–Trinajstić information content (AvgIpc) is 3.06. The van der Waals surface area contributed by atoms with Gasteiger partial charge in [0.25, 0.3) is 0 Å². The zero-order valence-electron chi connectivity index (χ0n) is 11.3. The number of hydrogen-bond donors (Lipinski definition) is 1. The van der Waals surface area contributed by atoms with E-state index in [2.05, 4.69) is 11.9 Å². The first-order chi connectivity index (χ1) is 9.79. The lowest BCUT2D eigenvalue weighted by Crippen LogP contribution is -1.99. The van der Waals surface area contributed by atoms with Crippen molar-refractivity contribution >= 4 is 23.3 Å². The van der Waals surface area contributed by atoms with Crippen LogP contribution in [0, 0.1) is 4.77 Å². The largest absolute Gasteiger partial charge is 0.491 e. The minimum atomic E-state index is 0.687. The summed E-state index contributed by atoms with van der Waals surface area (Å²) in [5.41, 5.74) is 3.08. The van der Waals surface area contributed by atoms with Crippen molar-refractivity contribution in [3.05, 3.63) is 47.1 Å². The molecule has 2 aromatic heterocycles. The smallest absolute Gasteiger partial charge is 0.178 e. The second-order valence-electron chi connectivity index (χ2n) is 4.65. The third-order valence-corrected chi connectivity index (χ3v) is 3.48. The molecule has 5 heteroatoms.